The summed E-state index contributed by atoms with van der Waals surface area (Å²) in [7, 11) is 0. The van der Waals surface area contributed by atoms with Crippen LogP contribution in [-0.2, 0) is 4.79 Å². The first-order chi connectivity index (χ1) is 8.65. The summed E-state index contributed by atoms with van der Waals surface area (Å²) in [6.45, 7) is 1.83. The number of carboxylic acids is 1. The average Bonchev–Trinajstić information content (AvgIpc) is 2.37. The predicted molar refractivity (Wildman–Crippen MR) is 66.7 cm³/mol. The molecule has 0 aliphatic rings. The molecule has 5 nitrogen and oxygen atoms in total. The van der Waals surface area contributed by atoms with Gasteiger partial charge in [-0.3, -0.25) is 4.98 Å². The molecule has 2 aromatic rings. The molecule has 2 aromatic heterocycles. The van der Waals surface area contributed by atoms with Gasteiger partial charge in [-0.15, -0.1) is 0 Å². The molecule has 0 aromatic carbocycles. The van der Waals surface area contributed by atoms with Crippen LogP contribution in [0, 0.1) is 6.92 Å². The third kappa shape index (κ3) is 2.98. The molecule has 2 rings (SSSR count). The van der Waals surface area contributed by atoms with Crippen LogP contribution in [0.2, 0.25) is 0 Å². The van der Waals surface area contributed by atoms with Crippen molar-refractivity contribution in [1.29, 1.82) is 0 Å². The molecule has 18 heavy (non-hydrogen) atoms. The fourth-order valence-electron chi connectivity index (χ4n) is 1.46. The second-order valence-electron chi connectivity index (χ2n) is 3.64. The number of rotatable bonds is 3. The minimum Gasteiger partial charge on any atom is -0.478 e. The fourth-order valence-corrected chi connectivity index (χ4v) is 1.46. The highest BCUT2D eigenvalue weighted by molar-refractivity contribution is 5.84. The molecule has 0 saturated heterocycles. The zero-order chi connectivity index (χ0) is 13.0. The Kier molecular flexibility index (Phi) is 3.43. The van der Waals surface area contributed by atoms with Crippen molar-refractivity contribution in [3.63, 3.8) is 0 Å². The molecular formula is C13H11N3O2. The van der Waals surface area contributed by atoms with Crippen LogP contribution in [0.4, 0.5) is 0 Å². The topological polar surface area (TPSA) is 76.0 Å². The number of aryl methyl sites for hydroxylation is 1. The molecular weight excluding hydrogens is 230 g/mol. The van der Waals surface area contributed by atoms with Gasteiger partial charge in [-0.2, -0.15) is 0 Å². The molecule has 1 N–H and O–H groups in total. The van der Waals surface area contributed by atoms with E-state index in [0.717, 1.165) is 17.5 Å². The molecule has 90 valence electrons. The summed E-state index contributed by atoms with van der Waals surface area (Å²) in [5.74, 6) is -0.669. The van der Waals surface area contributed by atoms with Gasteiger partial charge in [-0.25, -0.2) is 14.8 Å². The van der Waals surface area contributed by atoms with E-state index in [0.29, 0.717) is 11.5 Å². The maximum atomic E-state index is 10.5. The third-order valence-electron chi connectivity index (χ3n) is 2.17. The van der Waals surface area contributed by atoms with Crippen molar-refractivity contribution in [3.8, 4) is 11.4 Å². The molecule has 2 heterocycles. The fraction of sp³-hybridized carbons (Fsp3) is 0.0769. The zero-order valence-electron chi connectivity index (χ0n) is 9.74. The summed E-state index contributed by atoms with van der Waals surface area (Å²) < 4.78 is 0. The highest BCUT2D eigenvalue weighted by Crippen LogP contribution is 2.14. The lowest BCUT2D eigenvalue weighted by atomic mass is 10.2. The molecule has 0 aliphatic heterocycles. The number of aliphatic carboxylic acids is 1. The predicted octanol–water partition coefficient (Wildman–Crippen LogP) is 1.94. The zero-order valence-corrected chi connectivity index (χ0v) is 9.74. The Morgan fingerprint density at radius 2 is 2.11 bits per heavy atom. The second kappa shape index (κ2) is 5.18. The van der Waals surface area contributed by atoms with Gasteiger partial charge in [0.15, 0.2) is 5.82 Å². The van der Waals surface area contributed by atoms with Gasteiger partial charge in [0.25, 0.3) is 0 Å². The molecule has 0 saturated carbocycles. The van der Waals surface area contributed by atoms with Gasteiger partial charge < -0.3 is 5.11 Å². The Morgan fingerprint density at radius 1 is 1.28 bits per heavy atom. The quantitative estimate of drug-likeness (QED) is 0.831. The van der Waals surface area contributed by atoms with E-state index in [2.05, 4.69) is 15.0 Å². The van der Waals surface area contributed by atoms with Gasteiger partial charge in [0.2, 0.25) is 0 Å². The lowest BCUT2D eigenvalue weighted by molar-refractivity contribution is -0.131. The Labute approximate surface area is 104 Å². The lowest BCUT2D eigenvalue weighted by Gasteiger charge is -2.02. The Bertz CT molecular complexity index is 594. The summed E-state index contributed by atoms with van der Waals surface area (Å²) in [5.41, 5.74) is 2.16. The maximum Gasteiger partial charge on any atom is 0.328 e. The molecule has 0 aliphatic carbocycles. The molecule has 0 fully saturated rings. The van der Waals surface area contributed by atoms with Crippen molar-refractivity contribution in [1.82, 2.24) is 15.0 Å². The normalized spacial score (nSPS) is 10.7. The second-order valence-corrected chi connectivity index (χ2v) is 3.64. The molecule has 0 bridgehead atoms. The largest absolute Gasteiger partial charge is 0.478 e. The van der Waals surface area contributed by atoms with Gasteiger partial charge >= 0.3 is 5.97 Å². The number of aromatic nitrogens is 3. The van der Waals surface area contributed by atoms with Crippen molar-refractivity contribution >= 4 is 12.0 Å². The summed E-state index contributed by atoms with van der Waals surface area (Å²) in [5, 5.41) is 8.58. The van der Waals surface area contributed by atoms with Crippen molar-refractivity contribution in [2.75, 3.05) is 0 Å². The van der Waals surface area contributed by atoms with Crippen LogP contribution in [0.1, 0.15) is 11.5 Å². The van der Waals surface area contributed by atoms with Crippen molar-refractivity contribution in [3.05, 3.63) is 48.1 Å². The smallest absolute Gasteiger partial charge is 0.328 e. The summed E-state index contributed by atoms with van der Waals surface area (Å²) in [6.07, 6.45) is 4.05. The molecule has 0 unspecified atom stereocenters. The van der Waals surface area contributed by atoms with Gasteiger partial charge in [-0.05, 0) is 31.2 Å². The van der Waals surface area contributed by atoms with Crippen LogP contribution < -0.4 is 0 Å². The lowest BCUT2D eigenvalue weighted by Crippen LogP contribution is -1.96. The van der Waals surface area contributed by atoms with Crippen LogP contribution >= 0.6 is 0 Å². The number of pyridine rings is 1. The van der Waals surface area contributed by atoms with Gasteiger partial charge in [0.1, 0.15) is 0 Å². The van der Waals surface area contributed by atoms with E-state index in [9.17, 15) is 4.79 Å². The number of carbonyl (C=O) groups is 1. The van der Waals surface area contributed by atoms with Gasteiger partial charge in [-0.1, -0.05) is 6.07 Å². The summed E-state index contributed by atoms with van der Waals surface area (Å²) >= 11 is 0. The maximum absolute atomic E-state index is 10.5. The molecule has 0 spiro atoms. The minimum absolute atomic E-state index is 0.359. The molecule has 0 amide bonds. The van der Waals surface area contributed by atoms with Crippen LogP contribution in [-0.4, -0.2) is 26.0 Å². The van der Waals surface area contributed by atoms with E-state index < -0.39 is 5.97 Å². The molecule has 0 radical (unpaired) electrons. The van der Waals surface area contributed by atoms with Crippen LogP contribution in [0.25, 0.3) is 17.5 Å². The average molecular weight is 241 g/mol. The first kappa shape index (κ1) is 11.9. The Morgan fingerprint density at radius 3 is 2.78 bits per heavy atom. The monoisotopic (exact) mass is 241 g/mol. The Hall–Kier alpha value is -2.56. The highest BCUT2D eigenvalue weighted by atomic mass is 16.4. The first-order valence-electron chi connectivity index (χ1n) is 5.33. The van der Waals surface area contributed by atoms with E-state index in [1.807, 2.05) is 25.1 Å². The number of hydrogen-bond acceptors (Lipinski definition) is 4. The first-order valence-corrected chi connectivity index (χ1v) is 5.33. The summed E-state index contributed by atoms with van der Waals surface area (Å²) in [6, 6.07) is 7.34. The molecule has 5 heteroatoms. The van der Waals surface area contributed by atoms with Crippen LogP contribution in [0.15, 0.2) is 36.5 Å². The van der Waals surface area contributed by atoms with Crippen molar-refractivity contribution < 1.29 is 9.90 Å². The van der Waals surface area contributed by atoms with Gasteiger partial charge in [0.05, 0.1) is 11.4 Å². The van der Waals surface area contributed by atoms with Gasteiger partial charge in [0, 0.05) is 18.0 Å². The van der Waals surface area contributed by atoms with E-state index in [4.69, 9.17) is 5.11 Å². The number of carboxylic acid groups (broad SMARTS) is 1. The highest BCUT2D eigenvalue weighted by Gasteiger charge is 2.03. The Balaban J connectivity index is 2.41. The van der Waals surface area contributed by atoms with E-state index in [-0.39, 0.29) is 0 Å². The molecule has 0 atom stereocenters. The van der Waals surface area contributed by atoms with Crippen molar-refractivity contribution in [2.45, 2.75) is 6.92 Å². The van der Waals surface area contributed by atoms with Crippen LogP contribution in [0.5, 0.6) is 0 Å². The minimum atomic E-state index is -1.03. The van der Waals surface area contributed by atoms with Crippen LogP contribution in [0.3, 0.4) is 0 Å². The van der Waals surface area contributed by atoms with Crippen molar-refractivity contribution in [2.24, 2.45) is 0 Å². The number of hydrogen-bond donors (Lipinski definition) is 1. The summed E-state index contributed by atoms with van der Waals surface area (Å²) in [4.78, 5) is 23.0. The third-order valence-corrected chi connectivity index (χ3v) is 2.17. The van der Waals surface area contributed by atoms with E-state index in [1.165, 1.54) is 6.08 Å². The van der Waals surface area contributed by atoms with E-state index in [1.54, 1.807) is 12.3 Å². The SMILES string of the molecule is Cc1cc(-c2ccccn2)nc(/C=C/C(=O)O)n1. The van der Waals surface area contributed by atoms with E-state index >= 15 is 0 Å². The standard InChI is InChI=1S/C13H11N3O2/c1-9-8-11(10-4-2-3-7-14-10)16-12(15-9)5-6-13(17)18/h2-8H,1H3,(H,17,18)/b6-5+. The number of nitrogens with zero attached hydrogens (tertiary/aromatic N) is 3.